The van der Waals surface area contributed by atoms with E-state index in [-0.39, 0.29) is 24.1 Å². The number of nitrogens with one attached hydrogen (secondary N) is 2. The molecule has 0 aliphatic rings. The van der Waals surface area contributed by atoms with Gasteiger partial charge in [0.05, 0.1) is 12.1 Å². The van der Waals surface area contributed by atoms with Crippen LogP contribution in [0.5, 0.6) is 0 Å². The molecule has 3 aromatic rings. The van der Waals surface area contributed by atoms with E-state index in [9.17, 15) is 14.0 Å². The number of hydrogen-bond acceptors (Lipinski definition) is 4. The maximum atomic E-state index is 13.3. The topological polar surface area (TPSA) is 71.1 Å². The molecule has 0 saturated heterocycles. The fraction of sp³-hybridized carbons (Fsp3) is 0.150. The van der Waals surface area contributed by atoms with Crippen molar-refractivity contribution in [3.63, 3.8) is 0 Å². The summed E-state index contributed by atoms with van der Waals surface area (Å²) in [5.74, 6) is -0.935. The number of nitrogens with zero attached hydrogens (tertiary/aromatic N) is 1. The van der Waals surface area contributed by atoms with Crippen molar-refractivity contribution >= 4 is 28.8 Å². The first kappa shape index (κ1) is 18.7. The van der Waals surface area contributed by atoms with E-state index in [2.05, 4.69) is 15.6 Å². The maximum Gasteiger partial charge on any atom is 0.246 e. The molecule has 1 aromatic heterocycles. The summed E-state index contributed by atoms with van der Waals surface area (Å²) in [4.78, 5) is 28.7. The van der Waals surface area contributed by atoms with Crippen molar-refractivity contribution in [1.29, 1.82) is 0 Å². The second kappa shape index (κ2) is 8.55. The fourth-order valence-corrected chi connectivity index (χ4v) is 3.25. The van der Waals surface area contributed by atoms with Crippen molar-refractivity contribution in [1.82, 2.24) is 10.3 Å². The molecule has 2 amide bonds. The molecule has 3 rings (SSSR count). The first-order valence-corrected chi connectivity index (χ1v) is 9.25. The van der Waals surface area contributed by atoms with Gasteiger partial charge in [-0.1, -0.05) is 30.3 Å². The molecule has 2 N–H and O–H groups in total. The average Bonchev–Trinajstić information content (AvgIpc) is 3.11. The highest BCUT2D eigenvalue weighted by Gasteiger charge is 2.17. The van der Waals surface area contributed by atoms with Crippen LogP contribution >= 0.6 is 11.3 Å². The SMILES string of the molecule is CC(NC(=O)Cc1csc(-c2cccc(F)c2)n1)C(=O)Nc1ccccc1. The Morgan fingerprint density at radius 3 is 2.67 bits per heavy atom. The van der Waals surface area contributed by atoms with Crippen LogP contribution in [0.15, 0.2) is 60.0 Å². The molecule has 27 heavy (non-hydrogen) atoms. The van der Waals surface area contributed by atoms with Crippen molar-refractivity contribution < 1.29 is 14.0 Å². The minimum absolute atomic E-state index is 0.0504. The molecule has 0 saturated carbocycles. The van der Waals surface area contributed by atoms with E-state index >= 15 is 0 Å². The Balaban J connectivity index is 1.55. The van der Waals surface area contributed by atoms with Crippen molar-refractivity contribution in [3.05, 3.63) is 71.5 Å². The molecule has 0 fully saturated rings. The van der Waals surface area contributed by atoms with Crippen molar-refractivity contribution in [2.75, 3.05) is 5.32 Å². The summed E-state index contributed by atoms with van der Waals surface area (Å²) in [5.41, 5.74) is 1.91. The lowest BCUT2D eigenvalue weighted by Crippen LogP contribution is -2.42. The number of aromatic nitrogens is 1. The molecule has 0 spiro atoms. The zero-order valence-corrected chi connectivity index (χ0v) is 15.4. The molecule has 0 aliphatic carbocycles. The average molecular weight is 383 g/mol. The van der Waals surface area contributed by atoms with Crippen LogP contribution in [-0.2, 0) is 16.0 Å². The summed E-state index contributed by atoms with van der Waals surface area (Å²) in [6, 6.07) is 14.5. The number of benzene rings is 2. The van der Waals surface area contributed by atoms with Gasteiger partial charge < -0.3 is 10.6 Å². The Bertz CT molecular complexity index is 943. The second-order valence-electron chi connectivity index (χ2n) is 5.98. The van der Waals surface area contributed by atoms with Gasteiger partial charge in [-0.2, -0.15) is 0 Å². The van der Waals surface area contributed by atoms with Gasteiger partial charge in [0.1, 0.15) is 16.9 Å². The number of amides is 2. The molecule has 1 heterocycles. The third-order valence-corrected chi connectivity index (χ3v) is 4.72. The molecule has 1 atom stereocenters. The highest BCUT2D eigenvalue weighted by molar-refractivity contribution is 7.13. The normalized spacial score (nSPS) is 11.6. The Morgan fingerprint density at radius 2 is 1.93 bits per heavy atom. The van der Waals surface area contributed by atoms with Gasteiger partial charge in [-0.3, -0.25) is 9.59 Å². The number of hydrogen-bond donors (Lipinski definition) is 2. The largest absolute Gasteiger partial charge is 0.344 e. The standard InChI is InChI=1S/C20H18FN3O2S/c1-13(19(26)23-16-8-3-2-4-9-16)22-18(25)11-17-12-27-20(24-17)14-6-5-7-15(21)10-14/h2-10,12-13H,11H2,1H3,(H,22,25)(H,23,26). The van der Waals surface area contributed by atoms with E-state index in [0.29, 0.717) is 22.0 Å². The Hall–Kier alpha value is -3.06. The molecule has 0 radical (unpaired) electrons. The highest BCUT2D eigenvalue weighted by Crippen LogP contribution is 2.24. The number of carbonyl (C=O) groups is 2. The molecule has 0 aliphatic heterocycles. The van der Waals surface area contributed by atoms with Crippen molar-refractivity contribution in [3.8, 4) is 10.6 Å². The fourth-order valence-electron chi connectivity index (χ4n) is 2.44. The van der Waals surface area contributed by atoms with Gasteiger partial charge in [0.2, 0.25) is 11.8 Å². The van der Waals surface area contributed by atoms with Crippen LogP contribution in [0.4, 0.5) is 10.1 Å². The predicted molar refractivity (Wildman–Crippen MR) is 104 cm³/mol. The zero-order chi connectivity index (χ0) is 19.2. The minimum Gasteiger partial charge on any atom is -0.344 e. The quantitative estimate of drug-likeness (QED) is 0.683. The summed E-state index contributed by atoms with van der Waals surface area (Å²) in [5, 5.41) is 7.80. The van der Waals surface area contributed by atoms with Gasteiger partial charge >= 0.3 is 0 Å². The first-order chi connectivity index (χ1) is 13.0. The number of carbonyl (C=O) groups excluding carboxylic acids is 2. The van der Waals surface area contributed by atoms with Crippen LogP contribution in [0.1, 0.15) is 12.6 Å². The molecule has 138 valence electrons. The number of thiazole rings is 1. The minimum atomic E-state index is -0.681. The predicted octanol–water partition coefficient (Wildman–Crippen LogP) is 3.64. The van der Waals surface area contributed by atoms with Crippen LogP contribution in [0, 0.1) is 5.82 Å². The number of anilines is 1. The lowest BCUT2D eigenvalue weighted by Gasteiger charge is -2.13. The molecule has 7 heteroatoms. The zero-order valence-electron chi connectivity index (χ0n) is 14.6. The molecular formula is C20H18FN3O2S. The van der Waals surface area contributed by atoms with E-state index < -0.39 is 6.04 Å². The number of para-hydroxylation sites is 1. The number of halogens is 1. The molecular weight excluding hydrogens is 365 g/mol. The van der Waals surface area contributed by atoms with Gasteiger partial charge in [0, 0.05) is 16.6 Å². The van der Waals surface area contributed by atoms with Crippen LogP contribution in [0.3, 0.4) is 0 Å². The third-order valence-electron chi connectivity index (χ3n) is 3.78. The van der Waals surface area contributed by atoms with E-state index in [0.717, 1.165) is 0 Å². The van der Waals surface area contributed by atoms with E-state index in [1.807, 2.05) is 18.2 Å². The third kappa shape index (κ3) is 5.21. The van der Waals surface area contributed by atoms with Gasteiger partial charge in [-0.15, -0.1) is 11.3 Å². The maximum absolute atomic E-state index is 13.3. The Morgan fingerprint density at radius 1 is 1.15 bits per heavy atom. The van der Waals surface area contributed by atoms with Gasteiger partial charge in [-0.05, 0) is 31.2 Å². The molecule has 0 bridgehead atoms. The van der Waals surface area contributed by atoms with E-state index in [1.165, 1.54) is 23.5 Å². The second-order valence-corrected chi connectivity index (χ2v) is 6.83. The molecule has 1 unspecified atom stereocenters. The summed E-state index contributed by atoms with van der Waals surface area (Å²) in [6.45, 7) is 1.62. The van der Waals surface area contributed by atoms with Crippen molar-refractivity contribution in [2.24, 2.45) is 0 Å². The molecule has 2 aromatic carbocycles. The summed E-state index contributed by atoms with van der Waals surface area (Å²) < 4.78 is 13.3. The van der Waals surface area contributed by atoms with Gasteiger partial charge in [0.15, 0.2) is 0 Å². The Labute approximate surface area is 160 Å². The lowest BCUT2D eigenvalue weighted by molar-refractivity contribution is -0.125. The van der Waals surface area contributed by atoms with Gasteiger partial charge in [-0.25, -0.2) is 9.37 Å². The van der Waals surface area contributed by atoms with Crippen molar-refractivity contribution in [2.45, 2.75) is 19.4 Å². The monoisotopic (exact) mass is 383 g/mol. The van der Waals surface area contributed by atoms with Crippen LogP contribution in [0.25, 0.3) is 10.6 Å². The smallest absolute Gasteiger partial charge is 0.246 e. The summed E-state index contributed by atoms with van der Waals surface area (Å²) in [6.07, 6.45) is 0.0504. The highest BCUT2D eigenvalue weighted by atomic mass is 32.1. The van der Waals surface area contributed by atoms with Crippen LogP contribution in [-0.4, -0.2) is 22.8 Å². The van der Waals surface area contributed by atoms with E-state index in [4.69, 9.17) is 0 Å². The molecule has 5 nitrogen and oxygen atoms in total. The number of rotatable bonds is 6. The van der Waals surface area contributed by atoms with Crippen LogP contribution < -0.4 is 10.6 Å². The van der Waals surface area contributed by atoms with Crippen LogP contribution in [0.2, 0.25) is 0 Å². The summed E-state index contributed by atoms with van der Waals surface area (Å²) in [7, 11) is 0. The summed E-state index contributed by atoms with van der Waals surface area (Å²) >= 11 is 1.34. The van der Waals surface area contributed by atoms with Gasteiger partial charge in [0.25, 0.3) is 0 Å². The lowest BCUT2D eigenvalue weighted by atomic mass is 10.2. The van der Waals surface area contributed by atoms with E-state index in [1.54, 1.807) is 36.6 Å². The first-order valence-electron chi connectivity index (χ1n) is 8.37. The Kier molecular flexibility index (Phi) is 5.93.